The average Bonchev–Trinajstić information content (AvgIpc) is 2.66. The molecule has 0 aliphatic heterocycles. The van der Waals surface area contributed by atoms with Crippen LogP contribution in [0, 0.1) is 0 Å². The van der Waals surface area contributed by atoms with Crippen molar-refractivity contribution in [1.29, 1.82) is 0 Å². The Kier molecular flexibility index (Phi) is 5.31. The molecule has 3 nitrogen and oxygen atoms in total. The van der Waals surface area contributed by atoms with Gasteiger partial charge in [0.1, 0.15) is 0 Å². The van der Waals surface area contributed by atoms with Gasteiger partial charge in [-0.05, 0) is 31.4 Å². The van der Waals surface area contributed by atoms with E-state index in [0.29, 0.717) is 6.04 Å². The minimum Gasteiger partial charge on any atom is -0.490 e. The number of anilines is 1. The quantitative estimate of drug-likeness (QED) is 0.800. The third kappa shape index (κ3) is 3.90. The van der Waals surface area contributed by atoms with Gasteiger partial charge in [-0.1, -0.05) is 32.6 Å². The van der Waals surface area contributed by atoms with E-state index in [1.54, 1.807) is 0 Å². The first-order valence-electron chi connectivity index (χ1n) is 7.24. The van der Waals surface area contributed by atoms with Gasteiger partial charge in [0.15, 0.2) is 11.6 Å². The molecular formula is C15H24N2O. The van der Waals surface area contributed by atoms with Crippen molar-refractivity contribution >= 4 is 5.82 Å². The Hall–Kier alpha value is -1.25. The first-order chi connectivity index (χ1) is 8.90. The molecule has 2 rings (SSSR count). The van der Waals surface area contributed by atoms with E-state index >= 15 is 0 Å². The highest BCUT2D eigenvalue weighted by atomic mass is 16.5. The number of aromatic nitrogens is 1. The molecule has 100 valence electrons. The molecule has 0 spiro atoms. The predicted molar refractivity (Wildman–Crippen MR) is 75.1 cm³/mol. The molecule has 1 aromatic heterocycles. The number of hydrogen-bond acceptors (Lipinski definition) is 3. The molecule has 1 N–H and O–H groups in total. The zero-order valence-electron chi connectivity index (χ0n) is 11.3. The van der Waals surface area contributed by atoms with Crippen LogP contribution in [-0.4, -0.2) is 17.6 Å². The van der Waals surface area contributed by atoms with Gasteiger partial charge in [-0.15, -0.1) is 0 Å². The highest BCUT2D eigenvalue weighted by Crippen LogP contribution is 2.26. The lowest BCUT2D eigenvalue weighted by atomic mass is 10.1. The highest BCUT2D eigenvalue weighted by molar-refractivity contribution is 5.50. The lowest BCUT2D eigenvalue weighted by Gasteiger charge is -2.19. The van der Waals surface area contributed by atoms with E-state index in [0.717, 1.165) is 24.6 Å². The number of ether oxygens (including phenoxy) is 1. The Morgan fingerprint density at radius 2 is 2.06 bits per heavy atom. The number of nitrogens with zero attached hydrogens (tertiary/aromatic N) is 1. The van der Waals surface area contributed by atoms with Crippen molar-refractivity contribution < 1.29 is 4.74 Å². The molecule has 0 atom stereocenters. The Morgan fingerprint density at radius 1 is 1.28 bits per heavy atom. The van der Waals surface area contributed by atoms with Crippen LogP contribution < -0.4 is 10.1 Å². The third-order valence-corrected chi connectivity index (χ3v) is 3.43. The minimum absolute atomic E-state index is 0.561. The molecule has 1 saturated carbocycles. The fourth-order valence-corrected chi connectivity index (χ4v) is 2.44. The zero-order valence-corrected chi connectivity index (χ0v) is 11.3. The Labute approximate surface area is 110 Å². The molecule has 1 heterocycles. The second-order valence-electron chi connectivity index (χ2n) is 5.03. The van der Waals surface area contributed by atoms with Gasteiger partial charge in [-0.3, -0.25) is 0 Å². The Morgan fingerprint density at radius 3 is 2.78 bits per heavy atom. The third-order valence-electron chi connectivity index (χ3n) is 3.43. The van der Waals surface area contributed by atoms with E-state index in [1.807, 2.05) is 18.3 Å². The predicted octanol–water partition coefficient (Wildman–Crippen LogP) is 4.01. The molecule has 1 aliphatic carbocycles. The van der Waals surface area contributed by atoms with Gasteiger partial charge in [0.25, 0.3) is 0 Å². The second kappa shape index (κ2) is 7.24. The van der Waals surface area contributed by atoms with Crippen molar-refractivity contribution in [3.8, 4) is 5.75 Å². The number of hydrogen-bond donors (Lipinski definition) is 1. The molecule has 0 radical (unpaired) electrons. The summed E-state index contributed by atoms with van der Waals surface area (Å²) < 4.78 is 5.73. The lowest BCUT2D eigenvalue weighted by molar-refractivity contribution is 0.317. The number of pyridine rings is 1. The van der Waals surface area contributed by atoms with Crippen LogP contribution in [0.25, 0.3) is 0 Å². The van der Waals surface area contributed by atoms with Crippen LogP contribution in [0.2, 0.25) is 0 Å². The fraction of sp³-hybridized carbons (Fsp3) is 0.667. The van der Waals surface area contributed by atoms with Crippen molar-refractivity contribution in [3.05, 3.63) is 18.3 Å². The topological polar surface area (TPSA) is 34.1 Å². The van der Waals surface area contributed by atoms with E-state index in [4.69, 9.17) is 4.74 Å². The van der Waals surface area contributed by atoms with E-state index in [9.17, 15) is 0 Å². The normalized spacial score (nSPS) is 17.2. The van der Waals surface area contributed by atoms with Crippen LogP contribution in [-0.2, 0) is 0 Å². The lowest BCUT2D eigenvalue weighted by Crippen LogP contribution is -2.19. The Balaban J connectivity index is 1.98. The summed E-state index contributed by atoms with van der Waals surface area (Å²) >= 11 is 0. The summed E-state index contributed by atoms with van der Waals surface area (Å²) in [5.74, 6) is 1.81. The summed E-state index contributed by atoms with van der Waals surface area (Å²) in [6, 6.07) is 4.50. The van der Waals surface area contributed by atoms with E-state index < -0.39 is 0 Å². The molecule has 0 amide bonds. The molecule has 1 fully saturated rings. The maximum atomic E-state index is 5.73. The molecule has 0 bridgehead atoms. The minimum atomic E-state index is 0.561. The van der Waals surface area contributed by atoms with Gasteiger partial charge < -0.3 is 10.1 Å². The monoisotopic (exact) mass is 248 g/mol. The van der Waals surface area contributed by atoms with Gasteiger partial charge in [0.2, 0.25) is 0 Å². The van der Waals surface area contributed by atoms with Crippen LogP contribution in [0.3, 0.4) is 0 Å². The van der Waals surface area contributed by atoms with Gasteiger partial charge >= 0.3 is 0 Å². The van der Waals surface area contributed by atoms with E-state index in [2.05, 4.69) is 17.2 Å². The standard InChI is InChI=1S/C15H24N2O/c1-2-12-18-14-10-7-11-16-15(14)17-13-8-5-3-4-6-9-13/h7,10-11,13H,2-6,8-9,12H2,1H3,(H,16,17). The van der Waals surface area contributed by atoms with E-state index in [1.165, 1.54) is 38.5 Å². The first-order valence-corrected chi connectivity index (χ1v) is 7.24. The summed E-state index contributed by atoms with van der Waals surface area (Å²) in [5.41, 5.74) is 0. The molecule has 1 aliphatic rings. The van der Waals surface area contributed by atoms with Crippen LogP contribution in [0.15, 0.2) is 18.3 Å². The van der Waals surface area contributed by atoms with Gasteiger partial charge in [-0.2, -0.15) is 0 Å². The summed E-state index contributed by atoms with van der Waals surface area (Å²) in [4.78, 5) is 4.42. The van der Waals surface area contributed by atoms with Crippen LogP contribution in [0.5, 0.6) is 5.75 Å². The maximum absolute atomic E-state index is 5.73. The molecule has 1 aromatic rings. The molecule has 0 saturated heterocycles. The molecule has 0 unspecified atom stereocenters. The maximum Gasteiger partial charge on any atom is 0.168 e. The first kappa shape index (κ1) is 13.2. The smallest absolute Gasteiger partial charge is 0.168 e. The van der Waals surface area contributed by atoms with Gasteiger partial charge in [-0.25, -0.2) is 4.98 Å². The SMILES string of the molecule is CCCOc1cccnc1NC1CCCCCC1. The number of nitrogens with one attached hydrogen (secondary N) is 1. The summed E-state index contributed by atoms with van der Waals surface area (Å²) in [5, 5.41) is 3.56. The van der Waals surface area contributed by atoms with Crippen LogP contribution in [0.4, 0.5) is 5.82 Å². The molecule has 0 aromatic carbocycles. The zero-order chi connectivity index (χ0) is 12.6. The summed E-state index contributed by atoms with van der Waals surface area (Å²) in [6.07, 6.45) is 10.8. The fourth-order valence-electron chi connectivity index (χ4n) is 2.44. The highest BCUT2D eigenvalue weighted by Gasteiger charge is 2.14. The van der Waals surface area contributed by atoms with E-state index in [-0.39, 0.29) is 0 Å². The van der Waals surface area contributed by atoms with Crippen molar-refractivity contribution in [2.24, 2.45) is 0 Å². The summed E-state index contributed by atoms with van der Waals surface area (Å²) in [6.45, 7) is 2.87. The van der Waals surface area contributed by atoms with Gasteiger partial charge in [0, 0.05) is 12.2 Å². The van der Waals surface area contributed by atoms with Crippen molar-refractivity contribution in [1.82, 2.24) is 4.98 Å². The van der Waals surface area contributed by atoms with Crippen molar-refractivity contribution in [3.63, 3.8) is 0 Å². The summed E-state index contributed by atoms with van der Waals surface area (Å²) in [7, 11) is 0. The van der Waals surface area contributed by atoms with Crippen LogP contribution >= 0.6 is 0 Å². The van der Waals surface area contributed by atoms with Crippen molar-refractivity contribution in [2.75, 3.05) is 11.9 Å². The van der Waals surface area contributed by atoms with Crippen molar-refractivity contribution in [2.45, 2.75) is 57.9 Å². The van der Waals surface area contributed by atoms with Crippen LogP contribution in [0.1, 0.15) is 51.9 Å². The molecular weight excluding hydrogens is 224 g/mol. The largest absolute Gasteiger partial charge is 0.490 e. The second-order valence-corrected chi connectivity index (χ2v) is 5.03. The molecule has 3 heteroatoms. The van der Waals surface area contributed by atoms with Gasteiger partial charge in [0.05, 0.1) is 6.61 Å². The Bertz CT molecular complexity index is 346. The molecule has 18 heavy (non-hydrogen) atoms. The average molecular weight is 248 g/mol. The number of rotatable bonds is 5.